The van der Waals surface area contributed by atoms with Gasteiger partial charge in [-0.3, -0.25) is 25.0 Å². The number of rotatable bonds is 5. The molecule has 0 aromatic heterocycles. The van der Waals surface area contributed by atoms with E-state index >= 15 is 0 Å². The lowest BCUT2D eigenvalue weighted by Gasteiger charge is -2.10. The average Bonchev–Trinajstić information content (AvgIpc) is 2.54. The standard InChI is InChI=1S/C17H17N3O5/c1-10(2)12-4-6-13(7-5-12)18-17(21)15-8-14(19(22)23)9-16(11(15)3)20(24)25/h4-10H,1-3H3,(H,18,21). The molecule has 25 heavy (non-hydrogen) atoms. The van der Waals surface area contributed by atoms with Crippen molar-refractivity contribution in [3.8, 4) is 0 Å². The van der Waals surface area contributed by atoms with Crippen molar-refractivity contribution in [2.45, 2.75) is 26.7 Å². The van der Waals surface area contributed by atoms with Crippen LogP contribution in [0.4, 0.5) is 17.1 Å². The molecular weight excluding hydrogens is 326 g/mol. The highest BCUT2D eigenvalue weighted by atomic mass is 16.6. The van der Waals surface area contributed by atoms with Gasteiger partial charge in [-0.1, -0.05) is 26.0 Å². The molecule has 1 N–H and O–H groups in total. The maximum Gasteiger partial charge on any atom is 0.279 e. The molecule has 0 heterocycles. The van der Waals surface area contributed by atoms with Crippen LogP contribution in [0.15, 0.2) is 36.4 Å². The number of amides is 1. The van der Waals surface area contributed by atoms with Gasteiger partial charge in [0.05, 0.1) is 21.5 Å². The first kappa shape index (κ1) is 18.1. The van der Waals surface area contributed by atoms with Crippen LogP contribution in [0.3, 0.4) is 0 Å². The van der Waals surface area contributed by atoms with Gasteiger partial charge < -0.3 is 5.32 Å². The largest absolute Gasteiger partial charge is 0.322 e. The summed E-state index contributed by atoms with van der Waals surface area (Å²) in [5.74, 6) is -0.298. The zero-order chi connectivity index (χ0) is 18.7. The Hall–Kier alpha value is -3.29. The van der Waals surface area contributed by atoms with Crippen LogP contribution in [0.2, 0.25) is 0 Å². The first-order valence-electron chi connectivity index (χ1n) is 7.55. The third kappa shape index (κ3) is 3.97. The molecule has 1 amide bonds. The van der Waals surface area contributed by atoms with E-state index in [1.165, 1.54) is 6.92 Å². The number of carbonyl (C=O) groups is 1. The van der Waals surface area contributed by atoms with E-state index in [9.17, 15) is 25.0 Å². The van der Waals surface area contributed by atoms with Crippen molar-refractivity contribution in [1.82, 2.24) is 0 Å². The normalized spacial score (nSPS) is 10.6. The molecular formula is C17H17N3O5. The monoisotopic (exact) mass is 343 g/mol. The molecule has 2 aromatic rings. The summed E-state index contributed by atoms with van der Waals surface area (Å²) in [6, 6.07) is 9.05. The fraction of sp³-hybridized carbons (Fsp3) is 0.235. The van der Waals surface area contributed by atoms with Crippen molar-refractivity contribution in [2.75, 3.05) is 5.32 Å². The van der Waals surface area contributed by atoms with Crippen molar-refractivity contribution in [2.24, 2.45) is 0 Å². The third-order valence-corrected chi connectivity index (χ3v) is 3.85. The van der Waals surface area contributed by atoms with E-state index in [0.29, 0.717) is 11.6 Å². The summed E-state index contributed by atoms with van der Waals surface area (Å²) in [5, 5.41) is 24.7. The molecule has 0 aliphatic heterocycles. The van der Waals surface area contributed by atoms with Crippen LogP contribution in [-0.2, 0) is 0 Å². The van der Waals surface area contributed by atoms with Crippen LogP contribution in [-0.4, -0.2) is 15.8 Å². The Morgan fingerprint density at radius 1 is 1.04 bits per heavy atom. The highest BCUT2D eigenvalue weighted by molar-refractivity contribution is 6.06. The Balaban J connectivity index is 2.38. The molecule has 0 bridgehead atoms. The van der Waals surface area contributed by atoms with Gasteiger partial charge in [-0.2, -0.15) is 0 Å². The van der Waals surface area contributed by atoms with E-state index in [0.717, 1.165) is 17.7 Å². The van der Waals surface area contributed by atoms with E-state index in [4.69, 9.17) is 0 Å². The van der Waals surface area contributed by atoms with Crippen LogP contribution in [0, 0.1) is 27.2 Å². The topological polar surface area (TPSA) is 115 Å². The summed E-state index contributed by atoms with van der Waals surface area (Å²) in [6.07, 6.45) is 0. The maximum atomic E-state index is 12.4. The first-order valence-corrected chi connectivity index (χ1v) is 7.55. The minimum atomic E-state index is -0.763. The van der Waals surface area contributed by atoms with E-state index in [2.05, 4.69) is 5.32 Å². The van der Waals surface area contributed by atoms with Gasteiger partial charge in [0.25, 0.3) is 17.3 Å². The molecule has 0 spiro atoms. The zero-order valence-corrected chi connectivity index (χ0v) is 14.0. The highest BCUT2D eigenvalue weighted by Crippen LogP contribution is 2.28. The zero-order valence-electron chi connectivity index (χ0n) is 14.0. The molecule has 2 rings (SSSR count). The summed E-state index contributed by atoms with van der Waals surface area (Å²) in [7, 11) is 0. The van der Waals surface area contributed by atoms with E-state index in [1.54, 1.807) is 12.1 Å². The van der Waals surface area contributed by atoms with Crippen molar-refractivity contribution in [3.63, 3.8) is 0 Å². The Morgan fingerprint density at radius 2 is 1.64 bits per heavy atom. The van der Waals surface area contributed by atoms with Crippen molar-refractivity contribution in [3.05, 3.63) is 73.3 Å². The number of nitrogens with zero attached hydrogens (tertiary/aromatic N) is 2. The predicted octanol–water partition coefficient (Wildman–Crippen LogP) is 4.19. The number of nitro groups is 2. The van der Waals surface area contributed by atoms with Crippen molar-refractivity contribution >= 4 is 23.0 Å². The van der Waals surface area contributed by atoms with Gasteiger partial charge in [0.2, 0.25) is 0 Å². The molecule has 0 aliphatic carbocycles. The second-order valence-electron chi connectivity index (χ2n) is 5.88. The minimum absolute atomic E-state index is 0.0758. The lowest BCUT2D eigenvalue weighted by Crippen LogP contribution is -2.14. The number of nitrogens with one attached hydrogen (secondary N) is 1. The molecule has 0 saturated heterocycles. The van der Waals surface area contributed by atoms with Gasteiger partial charge in [0.15, 0.2) is 0 Å². The Kier molecular flexibility index (Phi) is 5.11. The Labute approximate surface area is 143 Å². The van der Waals surface area contributed by atoms with Crippen LogP contribution < -0.4 is 5.32 Å². The van der Waals surface area contributed by atoms with Crippen molar-refractivity contribution < 1.29 is 14.6 Å². The summed E-state index contributed by atoms with van der Waals surface area (Å²) in [5.41, 5.74) is 0.607. The second kappa shape index (κ2) is 7.08. The summed E-state index contributed by atoms with van der Waals surface area (Å²) < 4.78 is 0. The molecule has 0 unspecified atom stereocenters. The third-order valence-electron chi connectivity index (χ3n) is 3.85. The lowest BCUT2D eigenvalue weighted by atomic mass is 10.0. The first-order chi connectivity index (χ1) is 11.7. The summed E-state index contributed by atoms with van der Waals surface area (Å²) in [4.78, 5) is 33.0. The summed E-state index contributed by atoms with van der Waals surface area (Å²) >= 11 is 0. The fourth-order valence-electron chi connectivity index (χ4n) is 2.36. The van der Waals surface area contributed by atoms with Gasteiger partial charge in [0, 0.05) is 17.3 Å². The number of hydrogen-bond donors (Lipinski definition) is 1. The number of anilines is 1. The molecule has 0 fully saturated rings. The fourth-order valence-corrected chi connectivity index (χ4v) is 2.36. The average molecular weight is 343 g/mol. The maximum absolute atomic E-state index is 12.4. The lowest BCUT2D eigenvalue weighted by molar-refractivity contribution is -0.394. The number of nitro benzene ring substituents is 2. The van der Waals surface area contributed by atoms with Gasteiger partial charge in [-0.05, 0) is 30.5 Å². The van der Waals surface area contributed by atoms with Gasteiger partial charge in [-0.25, -0.2) is 0 Å². The minimum Gasteiger partial charge on any atom is -0.322 e. The van der Waals surface area contributed by atoms with Crippen LogP contribution in [0.25, 0.3) is 0 Å². The molecule has 8 nitrogen and oxygen atoms in total. The molecule has 0 aliphatic rings. The predicted molar refractivity (Wildman–Crippen MR) is 93.0 cm³/mol. The second-order valence-corrected chi connectivity index (χ2v) is 5.88. The van der Waals surface area contributed by atoms with E-state index in [-0.39, 0.29) is 11.1 Å². The van der Waals surface area contributed by atoms with Crippen LogP contribution in [0.5, 0.6) is 0 Å². The van der Waals surface area contributed by atoms with Gasteiger partial charge in [-0.15, -0.1) is 0 Å². The van der Waals surface area contributed by atoms with Crippen LogP contribution >= 0.6 is 0 Å². The SMILES string of the molecule is Cc1c(C(=O)Nc2ccc(C(C)C)cc2)cc([N+](=O)[O-])cc1[N+](=O)[O-]. The Bertz CT molecular complexity index is 844. The number of carbonyl (C=O) groups excluding carboxylic acids is 1. The summed E-state index contributed by atoms with van der Waals surface area (Å²) in [6.45, 7) is 5.47. The van der Waals surface area contributed by atoms with Crippen molar-refractivity contribution in [1.29, 1.82) is 0 Å². The van der Waals surface area contributed by atoms with E-state index in [1.807, 2.05) is 26.0 Å². The highest BCUT2D eigenvalue weighted by Gasteiger charge is 2.24. The molecule has 0 radical (unpaired) electrons. The molecule has 8 heteroatoms. The smallest absolute Gasteiger partial charge is 0.279 e. The van der Waals surface area contributed by atoms with E-state index < -0.39 is 27.1 Å². The quantitative estimate of drug-likeness (QED) is 0.645. The van der Waals surface area contributed by atoms with Gasteiger partial charge >= 0.3 is 0 Å². The molecule has 0 saturated carbocycles. The number of non-ortho nitro benzene ring substituents is 1. The molecule has 130 valence electrons. The molecule has 2 aromatic carbocycles. The Morgan fingerprint density at radius 3 is 2.12 bits per heavy atom. The van der Waals surface area contributed by atoms with Gasteiger partial charge in [0.1, 0.15) is 0 Å². The number of hydrogen-bond acceptors (Lipinski definition) is 5. The van der Waals surface area contributed by atoms with Crippen LogP contribution in [0.1, 0.15) is 41.3 Å². The molecule has 0 atom stereocenters. The number of benzene rings is 2.